The fourth-order valence-electron chi connectivity index (χ4n) is 0.814. The summed E-state index contributed by atoms with van der Waals surface area (Å²) >= 11 is 0. The Morgan fingerprint density at radius 1 is 1.38 bits per heavy atom. The van der Waals surface area contributed by atoms with E-state index >= 15 is 0 Å². The SMILES string of the molecule is CNC(=O)C(C#N)C(=O)C(C)(C)C. The molecule has 0 aliphatic rings. The standard InChI is InChI=1S/C9H14N2O2/c1-9(2,3)7(12)6(5-10)8(13)11-4/h6H,1-4H3,(H,11,13). The molecule has 0 heterocycles. The predicted octanol–water partition coefficient (Wildman–Crippen LogP) is 0.487. The van der Waals surface area contributed by atoms with Gasteiger partial charge in [0.2, 0.25) is 5.91 Å². The maximum atomic E-state index is 11.5. The molecule has 0 aromatic carbocycles. The number of rotatable bonds is 2. The summed E-state index contributed by atoms with van der Waals surface area (Å²) < 4.78 is 0. The van der Waals surface area contributed by atoms with Gasteiger partial charge in [0, 0.05) is 12.5 Å². The van der Waals surface area contributed by atoms with Crippen LogP contribution in [0.2, 0.25) is 0 Å². The van der Waals surface area contributed by atoms with Crippen LogP contribution in [-0.2, 0) is 9.59 Å². The Hall–Kier alpha value is -1.37. The number of nitriles is 1. The van der Waals surface area contributed by atoms with E-state index in [1.165, 1.54) is 7.05 Å². The highest BCUT2D eigenvalue weighted by molar-refractivity contribution is 6.05. The molecule has 0 fully saturated rings. The molecule has 1 unspecified atom stereocenters. The molecule has 1 amide bonds. The van der Waals surface area contributed by atoms with E-state index in [0.717, 1.165) is 0 Å². The molecule has 0 saturated carbocycles. The van der Waals surface area contributed by atoms with Crippen LogP contribution in [0.25, 0.3) is 0 Å². The first-order valence-electron chi connectivity index (χ1n) is 4.00. The largest absolute Gasteiger partial charge is 0.358 e. The molecule has 13 heavy (non-hydrogen) atoms. The average molecular weight is 182 g/mol. The summed E-state index contributed by atoms with van der Waals surface area (Å²) in [5.41, 5.74) is -0.660. The van der Waals surface area contributed by atoms with Crippen molar-refractivity contribution in [2.75, 3.05) is 7.05 Å². The molecule has 0 aliphatic carbocycles. The van der Waals surface area contributed by atoms with Crippen LogP contribution in [0.3, 0.4) is 0 Å². The van der Waals surface area contributed by atoms with Crippen LogP contribution in [0, 0.1) is 22.7 Å². The number of Topliss-reactive ketones (excluding diaryl/α,β-unsaturated/α-hetero) is 1. The van der Waals surface area contributed by atoms with Gasteiger partial charge in [-0.3, -0.25) is 9.59 Å². The van der Waals surface area contributed by atoms with Crippen molar-refractivity contribution in [1.29, 1.82) is 5.26 Å². The third kappa shape index (κ3) is 2.86. The third-order valence-corrected chi connectivity index (χ3v) is 1.64. The lowest BCUT2D eigenvalue weighted by Crippen LogP contribution is -2.37. The molecule has 4 nitrogen and oxygen atoms in total. The van der Waals surface area contributed by atoms with Crippen LogP contribution < -0.4 is 5.32 Å². The number of amides is 1. The van der Waals surface area contributed by atoms with Crippen LogP contribution >= 0.6 is 0 Å². The minimum absolute atomic E-state index is 0.352. The van der Waals surface area contributed by atoms with Gasteiger partial charge < -0.3 is 5.32 Å². The number of nitrogens with one attached hydrogen (secondary N) is 1. The van der Waals surface area contributed by atoms with Gasteiger partial charge >= 0.3 is 0 Å². The minimum Gasteiger partial charge on any atom is -0.358 e. The van der Waals surface area contributed by atoms with Crippen molar-refractivity contribution in [3.63, 3.8) is 0 Å². The van der Waals surface area contributed by atoms with Crippen LogP contribution in [0.4, 0.5) is 0 Å². The first kappa shape index (κ1) is 11.6. The molecule has 0 rings (SSSR count). The Morgan fingerprint density at radius 2 is 1.85 bits per heavy atom. The van der Waals surface area contributed by atoms with E-state index in [0.29, 0.717) is 0 Å². The summed E-state index contributed by atoms with van der Waals surface area (Å²) in [5, 5.41) is 10.9. The molecule has 4 heteroatoms. The van der Waals surface area contributed by atoms with Crippen molar-refractivity contribution in [3.05, 3.63) is 0 Å². The molecular formula is C9H14N2O2. The number of hydrogen-bond donors (Lipinski definition) is 1. The van der Waals surface area contributed by atoms with Crippen molar-refractivity contribution in [3.8, 4) is 6.07 Å². The van der Waals surface area contributed by atoms with Crippen molar-refractivity contribution < 1.29 is 9.59 Å². The highest BCUT2D eigenvalue weighted by Crippen LogP contribution is 2.19. The maximum absolute atomic E-state index is 11.5. The predicted molar refractivity (Wildman–Crippen MR) is 47.6 cm³/mol. The van der Waals surface area contributed by atoms with Gasteiger partial charge in [-0.25, -0.2) is 0 Å². The van der Waals surface area contributed by atoms with Gasteiger partial charge in [-0.05, 0) is 0 Å². The van der Waals surface area contributed by atoms with E-state index in [2.05, 4.69) is 5.32 Å². The summed E-state index contributed by atoms with van der Waals surface area (Å²) in [5.74, 6) is -2.08. The second-order valence-corrected chi connectivity index (χ2v) is 3.79. The average Bonchev–Trinajstić information content (AvgIpc) is 2.03. The molecule has 0 radical (unpaired) electrons. The fraction of sp³-hybridized carbons (Fsp3) is 0.667. The third-order valence-electron chi connectivity index (χ3n) is 1.64. The number of ketones is 1. The molecular weight excluding hydrogens is 168 g/mol. The van der Waals surface area contributed by atoms with Gasteiger partial charge in [-0.2, -0.15) is 5.26 Å². The summed E-state index contributed by atoms with van der Waals surface area (Å²) in [4.78, 5) is 22.6. The second-order valence-electron chi connectivity index (χ2n) is 3.79. The Bertz CT molecular complexity index is 258. The molecule has 72 valence electrons. The van der Waals surface area contributed by atoms with Gasteiger partial charge in [-0.15, -0.1) is 0 Å². The van der Waals surface area contributed by atoms with E-state index in [1.807, 2.05) is 0 Å². The zero-order valence-electron chi connectivity index (χ0n) is 8.34. The molecule has 0 saturated heterocycles. The molecule has 0 aromatic rings. The van der Waals surface area contributed by atoms with E-state index in [4.69, 9.17) is 5.26 Å². The van der Waals surface area contributed by atoms with Crippen LogP contribution in [-0.4, -0.2) is 18.7 Å². The summed E-state index contributed by atoms with van der Waals surface area (Å²) in [6, 6.07) is 1.70. The number of hydrogen-bond acceptors (Lipinski definition) is 3. The van der Waals surface area contributed by atoms with Crippen LogP contribution in [0.5, 0.6) is 0 Å². The van der Waals surface area contributed by atoms with E-state index in [9.17, 15) is 9.59 Å². The van der Waals surface area contributed by atoms with Crippen molar-refractivity contribution >= 4 is 11.7 Å². The lowest BCUT2D eigenvalue weighted by atomic mass is 9.83. The summed E-state index contributed by atoms with van der Waals surface area (Å²) in [7, 11) is 1.41. The minimum atomic E-state index is -1.19. The molecule has 1 atom stereocenters. The Morgan fingerprint density at radius 3 is 2.08 bits per heavy atom. The summed E-state index contributed by atoms with van der Waals surface area (Å²) in [6.07, 6.45) is 0. The van der Waals surface area contributed by atoms with E-state index in [1.54, 1.807) is 26.8 Å². The van der Waals surface area contributed by atoms with E-state index < -0.39 is 17.2 Å². The number of nitrogens with zero attached hydrogens (tertiary/aromatic N) is 1. The molecule has 0 bridgehead atoms. The lowest BCUT2D eigenvalue weighted by molar-refractivity contribution is -0.136. The van der Waals surface area contributed by atoms with Gasteiger partial charge in [-0.1, -0.05) is 20.8 Å². The van der Waals surface area contributed by atoms with Crippen molar-refractivity contribution in [2.24, 2.45) is 11.3 Å². The highest BCUT2D eigenvalue weighted by Gasteiger charge is 2.33. The van der Waals surface area contributed by atoms with Crippen LogP contribution in [0.1, 0.15) is 20.8 Å². The van der Waals surface area contributed by atoms with Gasteiger partial charge in [0.05, 0.1) is 6.07 Å². The van der Waals surface area contributed by atoms with Gasteiger partial charge in [0.15, 0.2) is 11.7 Å². The monoisotopic (exact) mass is 182 g/mol. The maximum Gasteiger partial charge on any atom is 0.244 e. The first-order chi connectivity index (χ1) is 5.84. The Kier molecular flexibility index (Phi) is 3.61. The Labute approximate surface area is 77.9 Å². The molecule has 1 N–H and O–H groups in total. The van der Waals surface area contributed by atoms with Crippen molar-refractivity contribution in [1.82, 2.24) is 5.32 Å². The van der Waals surface area contributed by atoms with Gasteiger partial charge in [0.1, 0.15) is 0 Å². The number of carbonyl (C=O) groups excluding carboxylic acids is 2. The lowest BCUT2D eigenvalue weighted by Gasteiger charge is -2.18. The van der Waals surface area contributed by atoms with Gasteiger partial charge in [0.25, 0.3) is 0 Å². The summed E-state index contributed by atoms with van der Waals surface area (Å²) in [6.45, 7) is 5.05. The fourth-order valence-corrected chi connectivity index (χ4v) is 0.814. The zero-order valence-corrected chi connectivity index (χ0v) is 8.34. The first-order valence-corrected chi connectivity index (χ1v) is 4.00. The topological polar surface area (TPSA) is 70.0 Å². The normalized spacial score (nSPS) is 12.8. The molecule has 0 aromatic heterocycles. The smallest absolute Gasteiger partial charge is 0.244 e. The zero-order chi connectivity index (χ0) is 10.6. The van der Waals surface area contributed by atoms with E-state index in [-0.39, 0.29) is 5.78 Å². The number of carbonyl (C=O) groups is 2. The molecule has 0 spiro atoms. The highest BCUT2D eigenvalue weighted by atomic mass is 16.2. The van der Waals surface area contributed by atoms with Crippen molar-refractivity contribution in [2.45, 2.75) is 20.8 Å². The molecule has 0 aliphatic heterocycles. The second kappa shape index (κ2) is 4.04. The van der Waals surface area contributed by atoms with Crippen LogP contribution in [0.15, 0.2) is 0 Å². The quantitative estimate of drug-likeness (QED) is 0.632. The Balaban J connectivity index is 4.74.